The van der Waals surface area contributed by atoms with E-state index in [1.807, 2.05) is 12.1 Å². The molecule has 0 bridgehead atoms. The predicted molar refractivity (Wildman–Crippen MR) is 92.0 cm³/mol. The molecule has 0 aliphatic rings. The van der Waals surface area contributed by atoms with Crippen LogP contribution in [0.25, 0.3) is 0 Å². The molecule has 0 saturated carbocycles. The molecule has 6 heteroatoms. The Bertz CT molecular complexity index is 515. The number of unbranched alkanes of at least 4 members (excludes halogenated alkanes) is 1. The second-order valence-corrected chi connectivity index (χ2v) is 7.46. The van der Waals surface area contributed by atoms with E-state index in [1.54, 1.807) is 12.1 Å². The molecule has 1 aromatic rings. The highest BCUT2D eigenvalue weighted by atomic mass is 35.5. The van der Waals surface area contributed by atoms with Crippen LogP contribution in [-0.2, 0) is 10.0 Å². The number of hydrogen-bond donors (Lipinski definition) is 1. The highest BCUT2D eigenvalue weighted by Crippen LogP contribution is 2.20. The van der Waals surface area contributed by atoms with Crippen LogP contribution in [0.2, 0.25) is 0 Å². The van der Waals surface area contributed by atoms with Gasteiger partial charge in [-0.1, -0.05) is 0 Å². The van der Waals surface area contributed by atoms with Gasteiger partial charge in [-0.2, -0.15) is 0 Å². The van der Waals surface area contributed by atoms with Crippen LogP contribution in [-0.4, -0.2) is 32.6 Å². The fourth-order valence-corrected chi connectivity index (χ4v) is 3.55. The Labute approximate surface area is 133 Å². The molecule has 0 aliphatic heterocycles. The number of nitrogens with zero attached hydrogens (tertiary/aromatic N) is 1. The Morgan fingerprint density at radius 3 is 2.29 bits per heavy atom. The Kier molecular flexibility index (Phi) is 7.32. The fraction of sp³-hybridized carbons (Fsp3) is 0.600. The number of benzene rings is 1. The van der Waals surface area contributed by atoms with E-state index in [9.17, 15) is 8.42 Å². The monoisotopic (exact) mass is 332 g/mol. The molecular weight excluding hydrogens is 308 g/mol. The number of rotatable bonds is 9. The lowest BCUT2D eigenvalue weighted by atomic mass is 10.2. The third kappa shape index (κ3) is 6.14. The van der Waals surface area contributed by atoms with Crippen LogP contribution in [0.15, 0.2) is 24.3 Å². The van der Waals surface area contributed by atoms with Crippen LogP contribution < -0.4 is 9.62 Å². The van der Waals surface area contributed by atoms with Crippen molar-refractivity contribution in [1.82, 2.24) is 0 Å². The zero-order valence-electron chi connectivity index (χ0n) is 13.0. The lowest BCUT2D eigenvalue weighted by Crippen LogP contribution is -2.30. The van der Waals surface area contributed by atoms with Gasteiger partial charge >= 0.3 is 0 Å². The Balaban J connectivity index is 2.70. The molecule has 0 unspecified atom stereocenters. The molecule has 0 radical (unpaired) electrons. The zero-order valence-corrected chi connectivity index (χ0v) is 14.5. The first-order chi connectivity index (χ1) is 9.89. The van der Waals surface area contributed by atoms with Crippen molar-refractivity contribution < 1.29 is 8.42 Å². The summed E-state index contributed by atoms with van der Waals surface area (Å²) in [7, 11) is -3.28. The normalized spacial score (nSPS) is 11.7. The summed E-state index contributed by atoms with van der Waals surface area (Å²) in [5.41, 5.74) is 1.70. The van der Waals surface area contributed by atoms with Crippen molar-refractivity contribution in [2.24, 2.45) is 0 Å². The molecule has 0 heterocycles. The van der Waals surface area contributed by atoms with Crippen molar-refractivity contribution in [3.63, 3.8) is 0 Å². The highest BCUT2D eigenvalue weighted by molar-refractivity contribution is 7.92. The van der Waals surface area contributed by atoms with E-state index < -0.39 is 10.0 Å². The van der Waals surface area contributed by atoms with Gasteiger partial charge in [-0.3, -0.25) is 4.72 Å². The van der Waals surface area contributed by atoms with E-state index in [4.69, 9.17) is 11.6 Å². The molecule has 21 heavy (non-hydrogen) atoms. The molecule has 0 fully saturated rings. The molecule has 0 aliphatic carbocycles. The van der Waals surface area contributed by atoms with Crippen molar-refractivity contribution in [3.05, 3.63) is 24.3 Å². The summed E-state index contributed by atoms with van der Waals surface area (Å²) in [5, 5.41) is 0. The first-order valence-electron chi connectivity index (χ1n) is 7.32. The van der Waals surface area contributed by atoms with Gasteiger partial charge in [0.2, 0.25) is 10.0 Å². The van der Waals surface area contributed by atoms with E-state index in [1.165, 1.54) is 0 Å². The van der Waals surface area contributed by atoms with Gasteiger partial charge in [0.05, 0.1) is 5.75 Å². The van der Waals surface area contributed by atoms with Gasteiger partial charge in [-0.05, 0) is 57.9 Å². The maximum atomic E-state index is 11.9. The van der Waals surface area contributed by atoms with Gasteiger partial charge < -0.3 is 4.90 Å². The van der Waals surface area contributed by atoms with Crippen molar-refractivity contribution in [2.45, 2.75) is 39.7 Å². The first kappa shape index (κ1) is 18.1. The third-order valence-electron chi connectivity index (χ3n) is 3.23. The first-order valence-corrected chi connectivity index (χ1v) is 9.51. The number of alkyl halides is 1. The molecule has 0 amide bonds. The van der Waals surface area contributed by atoms with Crippen LogP contribution in [0.3, 0.4) is 0 Å². The van der Waals surface area contributed by atoms with E-state index in [0.717, 1.165) is 12.2 Å². The lowest BCUT2D eigenvalue weighted by molar-refractivity contribution is 0.598. The maximum Gasteiger partial charge on any atom is 0.232 e. The molecule has 0 saturated heterocycles. The van der Waals surface area contributed by atoms with Crippen molar-refractivity contribution >= 4 is 33.0 Å². The highest BCUT2D eigenvalue weighted by Gasteiger charge is 2.11. The van der Waals surface area contributed by atoms with Crippen LogP contribution in [0.1, 0.15) is 33.6 Å². The van der Waals surface area contributed by atoms with Crippen LogP contribution >= 0.6 is 11.6 Å². The molecule has 0 aromatic heterocycles. The summed E-state index contributed by atoms with van der Waals surface area (Å²) in [4.78, 5) is 2.25. The topological polar surface area (TPSA) is 49.4 Å². The van der Waals surface area contributed by atoms with Crippen molar-refractivity contribution in [2.75, 3.05) is 27.8 Å². The van der Waals surface area contributed by atoms with E-state index in [-0.39, 0.29) is 5.75 Å². The summed E-state index contributed by atoms with van der Waals surface area (Å²) in [5.74, 6) is 0.598. The third-order valence-corrected chi connectivity index (χ3v) is 4.87. The van der Waals surface area contributed by atoms with Crippen LogP contribution in [0, 0.1) is 0 Å². The maximum absolute atomic E-state index is 11.9. The summed E-state index contributed by atoms with van der Waals surface area (Å²) >= 11 is 5.56. The molecule has 1 aromatic carbocycles. The average Bonchev–Trinajstić information content (AvgIpc) is 2.41. The van der Waals surface area contributed by atoms with Gasteiger partial charge in [0.1, 0.15) is 0 Å². The van der Waals surface area contributed by atoms with Gasteiger partial charge in [0.15, 0.2) is 0 Å². The SMILES string of the molecule is CCN(c1ccc(NS(=O)(=O)CCCCCl)cc1)C(C)C. The standard InChI is InChI=1S/C15H25ClN2O2S/c1-4-18(13(2)3)15-9-7-14(8-10-15)17-21(19,20)12-6-5-11-16/h7-10,13,17H,4-6,11-12H2,1-3H3. The summed E-state index contributed by atoms with van der Waals surface area (Å²) in [6.45, 7) is 7.29. The number of sulfonamides is 1. The van der Waals surface area contributed by atoms with Crippen molar-refractivity contribution in [3.8, 4) is 0 Å². The number of hydrogen-bond acceptors (Lipinski definition) is 3. The second-order valence-electron chi connectivity index (χ2n) is 5.24. The minimum atomic E-state index is -3.28. The van der Waals surface area contributed by atoms with Gasteiger partial charge in [-0.15, -0.1) is 11.6 Å². The minimum absolute atomic E-state index is 0.106. The van der Waals surface area contributed by atoms with Crippen molar-refractivity contribution in [1.29, 1.82) is 0 Å². The minimum Gasteiger partial charge on any atom is -0.369 e. The fourth-order valence-electron chi connectivity index (χ4n) is 2.18. The molecule has 120 valence electrons. The molecular formula is C15H25ClN2O2S. The van der Waals surface area contributed by atoms with E-state index >= 15 is 0 Å². The number of halogens is 1. The Morgan fingerprint density at radius 1 is 1.19 bits per heavy atom. The van der Waals surface area contributed by atoms with Crippen LogP contribution in [0.5, 0.6) is 0 Å². The molecule has 0 atom stereocenters. The molecule has 1 rings (SSSR count). The second kappa shape index (κ2) is 8.49. The van der Waals surface area contributed by atoms with Gasteiger partial charge in [0.25, 0.3) is 0 Å². The average molecular weight is 333 g/mol. The van der Waals surface area contributed by atoms with E-state index in [2.05, 4.69) is 30.4 Å². The Morgan fingerprint density at radius 2 is 1.81 bits per heavy atom. The zero-order chi connectivity index (χ0) is 15.9. The van der Waals surface area contributed by atoms with Gasteiger partial charge in [0, 0.05) is 29.8 Å². The smallest absolute Gasteiger partial charge is 0.232 e. The molecule has 0 spiro atoms. The van der Waals surface area contributed by atoms with Crippen LogP contribution in [0.4, 0.5) is 11.4 Å². The lowest BCUT2D eigenvalue weighted by Gasteiger charge is -2.27. The number of anilines is 2. The Hall–Kier alpha value is -0.940. The summed E-state index contributed by atoms with van der Waals surface area (Å²) in [6.07, 6.45) is 1.29. The quantitative estimate of drug-likeness (QED) is 0.554. The number of nitrogens with one attached hydrogen (secondary N) is 1. The summed E-state index contributed by atoms with van der Waals surface area (Å²) < 4.78 is 26.4. The van der Waals surface area contributed by atoms with Gasteiger partial charge in [-0.25, -0.2) is 8.42 Å². The molecule has 4 nitrogen and oxygen atoms in total. The largest absolute Gasteiger partial charge is 0.369 e. The van der Waals surface area contributed by atoms with E-state index in [0.29, 0.717) is 30.5 Å². The molecule has 1 N–H and O–H groups in total. The predicted octanol–water partition coefficient (Wildman–Crippen LogP) is 3.68. The summed E-state index contributed by atoms with van der Waals surface area (Å²) in [6, 6.07) is 7.91.